The molecule has 4 rings (SSSR count). The average molecular weight is 323 g/mol. The van der Waals surface area contributed by atoms with E-state index >= 15 is 0 Å². The molecule has 116 valence electrons. The Bertz CT molecular complexity index is 815. The minimum absolute atomic E-state index is 0.787. The number of hydrogen-bond acceptors (Lipinski definition) is 6. The average Bonchev–Trinajstić information content (AvgIpc) is 3.00. The quantitative estimate of drug-likeness (QED) is 0.742. The summed E-state index contributed by atoms with van der Waals surface area (Å²) in [5.41, 5.74) is 4.51. The lowest BCUT2D eigenvalue weighted by molar-refractivity contribution is 0.242. The van der Waals surface area contributed by atoms with Crippen molar-refractivity contribution in [3.8, 4) is 11.4 Å². The second kappa shape index (κ2) is 6.14. The van der Waals surface area contributed by atoms with Crippen LogP contribution in [0, 0.1) is 6.92 Å². The Morgan fingerprint density at radius 1 is 1.22 bits per heavy atom. The standard InChI is InChI=1S/C17H17N5S/c1-12-11-23-16(20-12)10-22-7-4-15-14(9-22)8-19-17(21-15)13-2-5-18-6-3-13/h2-3,5-6,8,11H,4,7,9-10H2,1H3. The maximum absolute atomic E-state index is 4.75. The zero-order valence-electron chi connectivity index (χ0n) is 12.9. The third-order valence-electron chi connectivity index (χ3n) is 3.98. The number of aryl methyl sites for hydroxylation is 1. The highest BCUT2D eigenvalue weighted by Crippen LogP contribution is 2.22. The summed E-state index contributed by atoms with van der Waals surface area (Å²) >= 11 is 1.73. The van der Waals surface area contributed by atoms with Gasteiger partial charge in [0.2, 0.25) is 0 Å². The molecule has 3 aromatic heterocycles. The SMILES string of the molecule is Cc1csc(CN2CCc3nc(-c4ccncc4)ncc3C2)n1. The van der Waals surface area contributed by atoms with Crippen LogP contribution in [0.1, 0.15) is 22.0 Å². The van der Waals surface area contributed by atoms with Crippen molar-refractivity contribution in [1.29, 1.82) is 0 Å². The molecule has 0 saturated carbocycles. The molecule has 0 unspecified atom stereocenters. The summed E-state index contributed by atoms with van der Waals surface area (Å²) in [7, 11) is 0. The van der Waals surface area contributed by atoms with Gasteiger partial charge < -0.3 is 0 Å². The monoisotopic (exact) mass is 323 g/mol. The summed E-state index contributed by atoms with van der Waals surface area (Å²) in [6, 6.07) is 3.89. The van der Waals surface area contributed by atoms with Crippen molar-refractivity contribution in [3.05, 3.63) is 58.1 Å². The summed E-state index contributed by atoms with van der Waals surface area (Å²) in [5.74, 6) is 0.787. The maximum atomic E-state index is 4.75. The Morgan fingerprint density at radius 3 is 2.87 bits per heavy atom. The molecular weight excluding hydrogens is 306 g/mol. The zero-order valence-corrected chi connectivity index (χ0v) is 13.8. The Kier molecular flexibility index (Phi) is 3.85. The summed E-state index contributed by atoms with van der Waals surface area (Å²) in [5, 5.41) is 3.29. The van der Waals surface area contributed by atoms with Gasteiger partial charge in [0.05, 0.1) is 12.2 Å². The van der Waals surface area contributed by atoms with E-state index in [1.807, 2.05) is 25.3 Å². The van der Waals surface area contributed by atoms with Crippen molar-refractivity contribution in [2.24, 2.45) is 0 Å². The van der Waals surface area contributed by atoms with Gasteiger partial charge in [-0.05, 0) is 19.1 Å². The molecule has 0 saturated heterocycles. The molecule has 0 spiro atoms. The van der Waals surface area contributed by atoms with Gasteiger partial charge in [-0.2, -0.15) is 0 Å². The van der Waals surface area contributed by atoms with Crippen molar-refractivity contribution in [2.45, 2.75) is 26.4 Å². The zero-order chi connectivity index (χ0) is 15.6. The first-order chi connectivity index (χ1) is 11.3. The van der Waals surface area contributed by atoms with Crippen LogP contribution in [0.3, 0.4) is 0 Å². The first-order valence-electron chi connectivity index (χ1n) is 7.66. The predicted octanol–water partition coefficient (Wildman–Crippen LogP) is 2.86. The van der Waals surface area contributed by atoms with Gasteiger partial charge in [-0.3, -0.25) is 9.88 Å². The van der Waals surface area contributed by atoms with E-state index in [1.54, 1.807) is 23.7 Å². The fourth-order valence-corrected chi connectivity index (χ4v) is 3.63. The maximum Gasteiger partial charge on any atom is 0.159 e. The van der Waals surface area contributed by atoms with E-state index in [0.717, 1.165) is 43.1 Å². The smallest absolute Gasteiger partial charge is 0.159 e. The van der Waals surface area contributed by atoms with E-state index in [-0.39, 0.29) is 0 Å². The van der Waals surface area contributed by atoms with Crippen LogP contribution in [0.15, 0.2) is 36.1 Å². The van der Waals surface area contributed by atoms with Crippen LogP contribution in [0.4, 0.5) is 0 Å². The molecule has 1 aliphatic heterocycles. The van der Waals surface area contributed by atoms with Crippen molar-refractivity contribution in [1.82, 2.24) is 24.8 Å². The number of aromatic nitrogens is 4. The topological polar surface area (TPSA) is 54.8 Å². The Balaban J connectivity index is 1.52. The third-order valence-corrected chi connectivity index (χ3v) is 4.93. The molecule has 0 aliphatic carbocycles. The number of thiazole rings is 1. The molecule has 5 nitrogen and oxygen atoms in total. The highest BCUT2D eigenvalue weighted by Gasteiger charge is 2.19. The molecule has 23 heavy (non-hydrogen) atoms. The van der Waals surface area contributed by atoms with Crippen molar-refractivity contribution < 1.29 is 0 Å². The van der Waals surface area contributed by atoms with E-state index in [2.05, 4.69) is 25.2 Å². The molecule has 0 aromatic carbocycles. The van der Waals surface area contributed by atoms with Gasteiger partial charge in [-0.25, -0.2) is 15.0 Å². The lowest BCUT2D eigenvalue weighted by Gasteiger charge is -2.27. The number of pyridine rings is 1. The molecule has 6 heteroatoms. The molecular formula is C17H17N5S. The van der Waals surface area contributed by atoms with Gasteiger partial charge in [0.15, 0.2) is 5.82 Å². The van der Waals surface area contributed by atoms with Gasteiger partial charge in [-0.15, -0.1) is 11.3 Å². The van der Waals surface area contributed by atoms with Gasteiger partial charge in [0.1, 0.15) is 5.01 Å². The number of rotatable bonds is 3. The summed E-state index contributed by atoms with van der Waals surface area (Å²) in [6.45, 7) is 4.85. The minimum Gasteiger partial charge on any atom is -0.292 e. The van der Waals surface area contributed by atoms with Gasteiger partial charge in [0.25, 0.3) is 0 Å². The Hall–Kier alpha value is -2.18. The lowest BCUT2D eigenvalue weighted by Crippen LogP contribution is -2.30. The largest absolute Gasteiger partial charge is 0.292 e. The van der Waals surface area contributed by atoms with Crippen LogP contribution < -0.4 is 0 Å². The van der Waals surface area contributed by atoms with Gasteiger partial charge in [0, 0.05) is 60.3 Å². The van der Waals surface area contributed by atoms with E-state index in [9.17, 15) is 0 Å². The van der Waals surface area contributed by atoms with Crippen LogP contribution in [0.2, 0.25) is 0 Å². The lowest BCUT2D eigenvalue weighted by atomic mass is 10.1. The second-order valence-electron chi connectivity index (χ2n) is 5.74. The number of hydrogen-bond donors (Lipinski definition) is 0. The molecule has 0 bridgehead atoms. The second-order valence-corrected chi connectivity index (χ2v) is 6.69. The molecule has 0 radical (unpaired) electrons. The summed E-state index contributed by atoms with van der Waals surface area (Å²) in [6.07, 6.45) is 6.48. The fourth-order valence-electron chi connectivity index (χ4n) is 2.82. The molecule has 0 amide bonds. The van der Waals surface area contributed by atoms with Crippen molar-refractivity contribution in [2.75, 3.05) is 6.54 Å². The van der Waals surface area contributed by atoms with Crippen LogP contribution in [-0.2, 0) is 19.5 Å². The molecule has 0 N–H and O–H groups in total. The highest BCUT2D eigenvalue weighted by atomic mass is 32.1. The third kappa shape index (κ3) is 3.13. The van der Waals surface area contributed by atoms with E-state index < -0.39 is 0 Å². The van der Waals surface area contributed by atoms with Gasteiger partial charge >= 0.3 is 0 Å². The number of fused-ring (bicyclic) bond motifs is 1. The van der Waals surface area contributed by atoms with E-state index in [4.69, 9.17) is 4.98 Å². The minimum atomic E-state index is 0.787. The van der Waals surface area contributed by atoms with E-state index in [1.165, 1.54) is 16.3 Å². The van der Waals surface area contributed by atoms with Crippen molar-refractivity contribution in [3.63, 3.8) is 0 Å². The highest BCUT2D eigenvalue weighted by molar-refractivity contribution is 7.09. The molecule has 1 aliphatic rings. The Morgan fingerprint density at radius 2 is 2.09 bits per heavy atom. The Labute approximate surface area is 139 Å². The molecule has 0 fully saturated rings. The molecule has 0 atom stereocenters. The molecule has 3 aromatic rings. The summed E-state index contributed by atoms with van der Waals surface area (Å²) in [4.78, 5) is 20.3. The number of nitrogens with zero attached hydrogens (tertiary/aromatic N) is 5. The van der Waals surface area contributed by atoms with Crippen molar-refractivity contribution >= 4 is 11.3 Å². The first-order valence-corrected chi connectivity index (χ1v) is 8.54. The van der Waals surface area contributed by atoms with Crippen LogP contribution >= 0.6 is 11.3 Å². The van der Waals surface area contributed by atoms with E-state index in [0.29, 0.717) is 0 Å². The summed E-state index contributed by atoms with van der Waals surface area (Å²) < 4.78 is 0. The predicted molar refractivity (Wildman–Crippen MR) is 89.9 cm³/mol. The van der Waals surface area contributed by atoms with Crippen LogP contribution in [0.25, 0.3) is 11.4 Å². The molecule has 4 heterocycles. The van der Waals surface area contributed by atoms with Crippen LogP contribution in [-0.4, -0.2) is 31.4 Å². The van der Waals surface area contributed by atoms with Gasteiger partial charge in [-0.1, -0.05) is 0 Å². The first kappa shape index (κ1) is 14.4. The fraction of sp³-hybridized carbons (Fsp3) is 0.294. The normalized spacial score (nSPS) is 14.7. The van der Waals surface area contributed by atoms with Crippen LogP contribution in [0.5, 0.6) is 0 Å².